The molecule has 0 fully saturated rings. The Hall–Kier alpha value is -1.89. The second kappa shape index (κ2) is 7.93. The average Bonchev–Trinajstić information content (AvgIpc) is 2.44. The Morgan fingerprint density at radius 1 is 1.23 bits per heavy atom. The number of halogens is 1. The topological polar surface area (TPSA) is 95.5 Å². The minimum absolute atomic E-state index is 0.154. The molecule has 0 bridgehead atoms. The molecule has 0 aliphatic rings. The fourth-order valence-corrected chi connectivity index (χ4v) is 1.98. The number of benzene rings is 1. The van der Waals surface area contributed by atoms with Crippen LogP contribution >= 0.6 is 15.9 Å². The van der Waals surface area contributed by atoms with E-state index in [1.807, 2.05) is 0 Å². The number of carbonyl (C=O) groups excluding carboxylic acids is 2. The zero-order chi connectivity index (χ0) is 16.8. The SMILES string of the molecule is CC(C)(CCNC(=O)CNC(=O)c1cccc(Br)c1)C(=O)O. The van der Waals surface area contributed by atoms with Crippen LogP contribution in [0.3, 0.4) is 0 Å². The van der Waals surface area contributed by atoms with Crippen molar-refractivity contribution in [3.05, 3.63) is 34.3 Å². The molecule has 0 saturated carbocycles. The van der Waals surface area contributed by atoms with Crippen LogP contribution in [0.4, 0.5) is 0 Å². The molecule has 0 aliphatic heterocycles. The lowest BCUT2D eigenvalue weighted by Crippen LogP contribution is -2.39. The standard InChI is InChI=1S/C15H19BrN2O4/c1-15(2,14(21)22)6-7-17-12(19)9-18-13(20)10-4-3-5-11(16)8-10/h3-5,8H,6-7,9H2,1-2H3,(H,17,19)(H,18,20)(H,21,22). The number of carboxylic acid groups (broad SMARTS) is 1. The number of rotatable bonds is 7. The normalized spacial score (nSPS) is 10.9. The maximum absolute atomic E-state index is 11.8. The molecule has 1 aromatic carbocycles. The molecule has 3 N–H and O–H groups in total. The van der Waals surface area contributed by atoms with E-state index in [9.17, 15) is 14.4 Å². The van der Waals surface area contributed by atoms with Crippen LogP contribution < -0.4 is 10.6 Å². The predicted octanol–water partition coefficient (Wildman–Crippen LogP) is 1.80. The first-order valence-electron chi connectivity index (χ1n) is 6.76. The number of aliphatic carboxylic acids is 1. The van der Waals surface area contributed by atoms with Gasteiger partial charge in [-0.1, -0.05) is 22.0 Å². The van der Waals surface area contributed by atoms with E-state index < -0.39 is 11.4 Å². The largest absolute Gasteiger partial charge is 0.481 e. The summed E-state index contributed by atoms with van der Waals surface area (Å²) in [7, 11) is 0. The molecule has 0 radical (unpaired) electrons. The lowest BCUT2D eigenvalue weighted by Gasteiger charge is -2.18. The number of carbonyl (C=O) groups is 3. The van der Waals surface area contributed by atoms with E-state index in [4.69, 9.17) is 5.11 Å². The van der Waals surface area contributed by atoms with Gasteiger partial charge in [0.05, 0.1) is 12.0 Å². The number of hydrogen-bond donors (Lipinski definition) is 3. The molecule has 22 heavy (non-hydrogen) atoms. The Kier molecular flexibility index (Phi) is 6.55. The molecule has 6 nitrogen and oxygen atoms in total. The zero-order valence-corrected chi connectivity index (χ0v) is 14.1. The van der Waals surface area contributed by atoms with Gasteiger partial charge in [0.1, 0.15) is 0 Å². The van der Waals surface area contributed by atoms with Crippen molar-refractivity contribution in [2.75, 3.05) is 13.1 Å². The molecule has 7 heteroatoms. The molecule has 2 amide bonds. The molecule has 1 aromatic rings. The van der Waals surface area contributed by atoms with Crippen molar-refractivity contribution in [3.63, 3.8) is 0 Å². The van der Waals surface area contributed by atoms with Gasteiger partial charge in [-0.25, -0.2) is 0 Å². The summed E-state index contributed by atoms with van der Waals surface area (Å²) in [5.74, 6) is -1.61. The van der Waals surface area contributed by atoms with Gasteiger partial charge in [0.2, 0.25) is 5.91 Å². The van der Waals surface area contributed by atoms with Crippen molar-refractivity contribution in [2.24, 2.45) is 5.41 Å². The monoisotopic (exact) mass is 370 g/mol. The number of amides is 2. The smallest absolute Gasteiger partial charge is 0.309 e. The Morgan fingerprint density at radius 2 is 1.91 bits per heavy atom. The molecule has 0 aliphatic carbocycles. The van der Waals surface area contributed by atoms with Gasteiger partial charge >= 0.3 is 5.97 Å². The summed E-state index contributed by atoms with van der Waals surface area (Å²) in [6, 6.07) is 6.83. The van der Waals surface area contributed by atoms with Gasteiger partial charge in [0.15, 0.2) is 0 Å². The first-order chi connectivity index (χ1) is 10.2. The first-order valence-corrected chi connectivity index (χ1v) is 7.55. The van der Waals surface area contributed by atoms with Crippen molar-refractivity contribution < 1.29 is 19.5 Å². The van der Waals surface area contributed by atoms with Crippen molar-refractivity contribution >= 4 is 33.7 Å². The third-order valence-corrected chi connectivity index (χ3v) is 3.64. The molecule has 0 atom stereocenters. The third kappa shape index (κ3) is 5.85. The van der Waals surface area contributed by atoms with Gasteiger partial charge in [0, 0.05) is 16.6 Å². The van der Waals surface area contributed by atoms with Crippen molar-refractivity contribution in [2.45, 2.75) is 20.3 Å². The summed E-state index contributed by atoms with van der Waals surface area (Å²) >= 11 is 3.27. The molecule has 0 spiro atoms. The average molecular weight is 371 g/mol. The third-order valence-electron chi connectivity index (χ3n) is 3.15. The van der Waals surface area contributed by atoms with Crippen LogP contribution in [-0.2, 0) is 9.59 Å². The summed E-state index contributed by atoms with van der Waals surface area (Å²) in [5, 5.41) is 14.1. The highest BCUT2D eigenvalue weighted by Crippen LogP contribution is 2.19. The quantitative estimate of drug-likeness (QED) is 0.681. The van der Waals surface area contributed by atoms with Gasteiger partial charge in [0.25, 0.3) is 5.91 Å². The van der Waals surface area contributed by atoms with E-state index >= 15 is 0 Å². The summed E-state index contributed by atoms with van der Waals surface area (Å²) in [5.41, 5.74) is -0.443. The van der Waals surface area contributed by atoms with E-state index in [0.29, 0.717) is 12.0 Å². The fourth-order valence-electron chi connectivity index (χ4n) is 1.58. The molecule has 120 valence electrons. The van der Waals surface area contributed by atoms with Gasteiger partial charge in [-0.2, -0.15) is 0 Å². The number of hydrogen-bond acceptors (Lipinski definition) is 3. The van der Waals surface area contributed by atoms with Gasteiger partial charge in [-0.15, -0.1) is 0 Å². The van der Waals surface area contributed by atoms with Crippen molar-refractivity contribution in [1.29, 1.82) is 0 Å². The summed E-state index contributed by atoms with van der Waals surface area (Å²) < 4.78 is 0.778. The van der Waals surface area contributed by atoms with E-state index in [-0.39, 0.29) is 24.9 Å². The highest BCUT2D eigenvalue weighted by Gasteiger charge is 2.26. The molecule has 0 unspecified atom stereocenters. The lowest BCUT2D eigenvalue weighted by atomic mass is 9.90. The maximum Gasteiger partial charge on any atom is 0.309 e. The van der Waals surface area contributed by atoms with Gasteiger partial charge < -0.3 is 15.7 Å². The van der Waals surface area contributed by atoms with Crippen LogP contribution in [0.25, 0.3) is 0 Å². The first kappa shape index (κ1) is 18.2. The highest BCUT2D eigenvalue weighted by molar-refractivity contribution is 9.10. The van der Waals surface area contributed by atoms with Crippen LogP contribution in [-0.4, -0.2) is 36.0 Å². The summed E-state index contributed by atoms with van der Waals surface area (Å²) in [4.78, 5) is 34.4. The molecule has 0 aromatic heterocycles. The number of nitrogens with one attached hydrogen (secondary N) is 2. The maximum atomic E-state index is 11.8. The summed E-state index contributed by atoms with van der Waals surface area (Å²) in [6.45, 7) is 3.27. The van der Waals surface area contributed by atoms with E-state index in [1.54, 1.807) is 38.1 Å². The van der Waals surface area contributed by atoms with E-state index in [0.717, 1.165) is 4.47 Å². The predicted molar refractivity (Wildman–Crippen MR) is 85.5 cm³/mol. The molecule has 1 rings (SSSR count). The summed E-state index contributed by atoms with van der Waals surface area (Å²) in [6.07, 6.45) is 0.313. The fraction of sp³-hybridized carbons (Fsp3) is 0.400. The van der Waals surface area contributed by atoms with Gasteiger partial charge in [-0.3, -0.25) is 14.4 Å². The van der Waals surface area contributed by atoms with Crippen LogP contribution in [0, 0.1) is 5.41 Å². The Labute approximate surface area is 137 Å². The van der Waals surface area contributed by atoms with E-state index in [1.165, 1.54) is 0 Å². The molecule has 0 saturated heterocycles. The van der Waals surface area contributed by atoms with Crippen molar-refractivity contribution in [1.82, 2.24) is 10.6 Å². The zero-order valence-electron chi connectivity index (χ0n) is 12.5. The second-order valence-electron chi connectivity index (χ2n) is 5.48. The molecule has 0 heterocycles. The van der Waals surface area contributed by atoms with Crippen LogP contribution in [0.1, 0.15) is 30.6 Å². The van der Waals surface area contributed by atoms with Gasteiger partial charge in [-0.05, 0) is 38.5 Å². The highest BCUT2D eigenvalue weighted by atomic mass is 79.9. The molecular weight excluding hydrogens is 352 g/mol. The number of carboxylic acids is 1. The lowest BCUT2D eigenvalue weighted by molar-refractivity contribution is -0.147. The molecular formula is C15H19BrN2O4. The Balaban J connectivity index is 2.35. The van der Waals surface area contributed by atoms with E-state index in [2.05, 4.69) is 26.6 Å². The Morgan fingerprint density at radius 3 is 2.50 bits per heavy atom. The minimum atomic E-state index is -0.912. The Bertz CT molecular complexity index is 572. The van der Waals surface area contributed by atoms with Crippen LogP contribution in [0.15, 0.2) is 28.7 Å². The minimum Gasteiger partial charge on any atom is -0.481 e. The van der Waals surface area contributed by atoms with Crippen LogP contribution in [0.5, 0.6) is 0 Å². The van der Waals surface area contributed by atoms with Crippen LogP contribution in [0.2, 0.25) is 0 Å². The van der Waals surface area contributed by atoms with Crippen molar-refractivity contribution in [3.8, 4) is 0 Å². The second-order valence-corrected chi connectivity index (χ2v) is 6.40.